The number of ketones is 1. The fourth-order valence-electron chi connectivity index (χ4n) is 0.651. The molecule has 1 rings (SSSR count). The second-order valence-electron chi connectivity index (χ2n) is 2.40. The number of aromatic nitrogens is 3. The molecule has 60 valence electrons. The van der Waals surface area contributed by atoms with Crippen molar-refractivity contribution in [3.05, 3.63) is 11.9 Å². The number of carbonyl (C=O) groups excluding carboxylic acids is 1. The van der Waals surface area contributed by atoms with E-state index >= 15 is 0 Å². The van der Waals surface area contributed by atoms with E-state index in [-0.39, 0.29) is 12.2 Å². The Morgan fingerprint density at radius 1 is 1.91 bits per heavy atom. The van der Waals surface area contributed by atoms with Crippen LogP contribution in [0.5, 0.6) is 0 Å². The van der Waals surface area contributed by atoms with Crippen molar-refractivity contribution in [3.8, 4) is 0 Å². The van der Waals surface area contributed by atoms with Crippen molar-refractivity contribution in [1.82, 2.24) is 15.4 Å². The van der Waals surface area contributed by atoms with E-state index in [1.54, 1.807) is 13.1 Å². The van der Waals surface area contributed by atoms with E-state index in [0.29, 0.717) is 5.69 Å². The van der Waals surface area contributed by atoms with E-state index in [4.69, 9.17) is 5.73 Å². The molecule has 0 aromatic carbocycles. The van der Waals surface area contributed by atoms with Crippen LogP contribution >= 0.6 is 0 Å². The molecule has 1 aromatic heterocycles. The molecule has 0 amide bonds. The lowest BCUT2D eigenvalue weighted by Crippen LogP contribution is -2.28. The van der Waals surface area contributed by atoms with Gasteiger partial charge in [0.1, 0.15) is 0 Å². The summed E-state index contributed by atoms with van der Waals surface area (Å²) in [5.74, 6) is -0.0288. The van der Waals surface area contributed by atoms with Crippen LogP contribution in [-0.4, -0.2) is 27.2 Å². The SMILES string of the molecule is CC(N)C(=O)Cc1c[nH]nn1. The summed E-state index contributed by atoms with van der Waals surface area (Å²) >= 11 is 0. The zero-order chi connectivity index (χ0) is 8.27. The molecule has 11 heavy (non-hydrogen) atoms. The minimum absolute atomic E-state index is 0.0288. The van der Waals surface area contributed by atoms with Crippen molar-refractivity contribution in [1.29, 1.82) is 0 Å². The van der Waals surface area contributed by atoms with Crippen molar-refractivity contribution in [2.24, 2.45) is 5.73 Å². The van der Waals surface area contributed by atoms with Gasteiger partial charge in [0, 0.05) is 6.20 Å². The third-order valence-corrected chi connectivity index (χ3v) is 1.33. The lowest BCUT2D eigenvalue weighted by molar-refractivity contribution is -0.119. The molecule has 5 nitrogen and oxygen atoms in total. The molecule has 0 bridgehead atoms. The van der Waals surface area contributed by atoms with Crippen LogP contribution in [0.3, 0.4) is 0 Å². The number of hydrogen-bond acceptors (Lipinski definition) is 4. The average molecular weight is 154 g/mol. The Balaban J connectivity index is 2.50. The molecule has 1 unspecified atom stereocenters. The normalized spacial score (nSPS) is 12.9. The summed E-state index contributed by atoms with van der Waals surface area (Å²) in [7, 11) is 0. The maximum absolute atomic E-state index is 11.0. The van der Waals surface area contributed by atoms with Crippen LogP contribution in [0.2, 0.25) is 0 Å². The summed E-state index contributed by atoms with van der Waals surface area (Å²) in [6, 6.07) is -0.424. The Morgan fingerprint density at radius 2 is 2.64 bits per heavy atom. The summed E-state index contributed by atoms with van der Waals surface area (Å²) in [5, 5.41) is 9.64. The largest absolute Gasteiger partial charge is 0.322 e. The highest BCUT2D eigenvalue weighted by atomic mass is 16.1. The fourth-order valence-corrected chi connectivity index (χ4v) is 0.651. The number of nitrogens with two attached hydrogens (primary N) is 1. The molecule has 0 saturated heterocycles. The smallest absolute Gasteiger partial charge is 0.155 e. The number of H-pyrrole nitrogens is 1. The Bertz CT molecular complexity index is 229. The predicted molar refractivity (Wildman–Crippen MR) is 38.7 cm³/mol. The first-order chi connectivity index (χ1) is 5.20. The van der Waals surface area contributed by atoms with Gasteiger partial charge < -0.3 is 5.73 Å². The van der Waals surface area contributed by atoms with Gasteiger partial charge in [-0.3, -0.25) is 9.89 Å². The molecular formula is C6H10N4O. The topological polar surface area (TPSA) is 84.7 Å². The highest BCUT2D eigenvalue weighted by Crippen LogP contribution is 1.93. The minimum Gasteiger partial charge on any atom is -0.322 e. The average Bonchev–Trinajstić information content (AvgIpc) is 2.39. The maximum Gasteiger partial charge on any atom is 0.155 e. The van der Waals surface area contributed by atoms with E-state index in [2.05, 4.69) is 15.4 Å². The van der Waals surface area contributed by atoms with E-state index in [1.807, 2.05) is 0 Å². The van der Waals surface area contributed by atoms with E-state index in [9.17, 15) is 4.79 Å². The van der Waals surface area contributed by atoms with Gasteiger partial charge in [-0.25, -0.2) is 0 Å². The van der Waals surface area contributed by atoms with Gasteiger partial charge >= 0.3 is 0 Å². The number of Topliss-reactive ketones (excluding diaryl/α,β-unsaturated/α-hetero) is 1. The van der Waals surface area contributed by atoms with Crippen molar-refractivity contribution in [2.75, 3.05) is 0 Å². The minimum atomic E-state index is -0.424. The third kappa shape index (κ3) is 2.12. The molecule has 0 aliphatic carbocycles. The Hall–Kier alpha value is -1.23. The first kappa shape index (κ1) is 7.87. The molecular weight excluding hydrogens is 144 g/mol. The maximum atomic E-state index is 11.0. The summed E-state index contributed by atoms with van der Waals surface area (Å²) in [6.45, 7) is 1.66. The lowest BCUT2D eigenvalue weighted by Gasteiger charge is -1.99. The molecule has 0 spiro atoms. The second-order valence-corrected chi connectivity index (χ2v) is 2.40. The molecule has 0 radical (unpaired) electrons. The number of nitrogens with zero attached hydrogens (tertiary/aromatic N) is 2. The van der Waals surface area contributed by atoms with E-state index in [0.717, 1.165) is 0 Å². The van der Waals surface area contributed by atoms with Crippen LogP contribution in [0, 0.1) is 0 Å². The molecule has 1 aromatic rings. The van der Waals surface area contributed by atoms with Crippen molar-refractivity contribution in [3.63, 3.8) is 0 Å². The number of aromatic amines is 1. The Morgan fingerprint density at radius 3 is 3.09 bits per heavy atom. The van der Waals surface area contributed by atoms with Crippen LogP contribution in [-0.2, 0) is 11.2 Å². The standard InChI is InChI=1S/C6H10N4O/c1-4(7)6(11)2-5-3-8-10-9-5/h3-4H,2,7H2,1H3,(H,8,9,10). The number of carbonyl (C=O) groups is 1. The van der Waals surface area contributed by atoms with Crippen LogP contribution in [0.15, 0.2) is 6.20 Å². The molecule has 3 N–H and O–H groups in total. The van der Waals surface area contributed by atoms with Crippen molar-refractivity contribution >= 4 is 5.78 Å². The van der Waals surface area contributed by atoms with E-state index < -0.39 is 6.04 Å². The Labute approximate surface area is 64.0 Å². The Kier molecular flexibility index (Phi) is 2.32. The van der Waals surface area contributed by atoms with Crippen molar-refractivity contribution < 1.29 is 4.79 Å². The molecule has 1 heterocycles. The van der Waals surface area contributed by atoms with Crippen LogP contribution in [0.25, 0.3) is 0 Å². The van der Waals surface area contributed by atoms with Gasteiger partial charge in [-0.15, -0.1) is 5.10 Å². The molecule has 5 heteroatoms. The zero-order valence-electron chi connectivity index (χ0n) is 6.24. The van der Waals surface area contributed by atoms with Gasteiger partial charge in [-0.2, -0.15) is 0 Å². The van der Waals surface area contributed by atoms with E-state index in [1.165, 1.54) is 0 Å². The van der Waals surface area contributed by atoms with Crippen LogP contribution in [0.1, 0.15) is 12.6 Å². The first-order valence-corrected chi connectivity index (χ1v) is 3.34. The molecule has 0 fully saturated rings. The van der Waals surface area contributed by atoms with Gasteiger partial charge in [0.15, 0.2) is 5.78 Å². The highest BCUT2D eigenvalue weighted by molar-refractivity contribution is 5.84. The first-order valence-electron chi connectivity index (χ1n) is 3.34. The van der Waals surface area contributed by atoms with Crippen molar-refractivity contribution in [2.45, 2.75) is 19.4 Å². The third-order valence-electron chi connectivity index (χ3n) is 1.33. The molecule has 0 saturated carbocycles. The van der Waals surface area contributed by atoms with Gasteiger partial charge in [0.2, 0.25) is 0 Å². The van der Waals surface area contributed by atoms with Gasteiger partial charge in [0.05, 0.1) is 18.2 Å². The summed E-state index contributed by atoms with van der Waals surface area (Å²) in [4.78, 5) is 11.0. The molecule has 0 aliphatic heterocycles. The number of nitrogens with one attached hydrogen (secondary N) is 1. The molecule has 1 atom stereocenters. The van der Waals surface area contributed by atoms with Crippen LogP contribution in [0.4, 0.5) is 0 Å². The van der Waals surface area contributed by atoms with Gasteiger partial charge in [0.25, 0.3) is 0 Å². The summed E-state index contributed by atoms with van der Waals surface area (Å²) < 4.78 is 0. The highest BCUT2D eigenvalue weighted by Gasteiger charge is 2.09. The lowest BCUT2D eigenvalue weighted by atomic mass is 10.1. The molecule has 0 aliphatic rings. The summed E-state index contributed by atoms with van der Waals surface area (Å²) in [6.07, 6.45) is 1.84. The quantitative estimate of drug-likeness (QED) is 0.600. The zero-order valence-corrected chi connectivity index (χ0v) is 6.24. The number of rotatable bonds is 3. The fraction of sp³-hybridized carbons (Fsp3) is 0.500. The second kappa shape index (κ2) is 3.25. The van der Waals surface area contributed by atoms with Gasteiger partial charge in [-0.05, 0) is 6.92 Å². The monoisotopic (exact) mass is 154 g/mol. The summed E-state index contributed by atoms with van der Waals surface area (Å²) in [5.41, 5.74) is 5.98. The van der Waals surface area contributed by atoms with Crippen LogP contribution < -0.4 is 5.73 Å². The number of hydrogen-bond donors (Lipinski definition) is 2. The predicted octanol–water partition coefficient (Wildman–Crippen LogP) is -0.736. The van der Waals surface area contributed by atoms with Gasteiger partial charge in [-0.1, -0.05) is 5.21 Å².